The second kappa shape index (κ2) is 22.3. The first kappa shape index (κ1) is 52.2. The van der Waals surface area contributed by atoms with Crippen LogP contribution in [-0.2, 0) is 41.6 Å². The average molecular weight is 983 g/mol. The van der Waals surface area contributed by atoms with E-state index in [-0.39, 0.29) is 79.1 Å². The number of aliphatic hydroxyl groups is 3. The van der Waals surface area contributed by atoms with Crippen LogP contribution in [0.3, 0.4) is 0 Å². The SMILES string of the molecule is NCCOc1ccc(C=CC(=O)COC2(C(=O)O)CC(O)C3OCC(CCc4ccccc4)CC4(C(=O)C=Cc5cc(O)c(O)cc5CO)OC3(CNC3CCCC5(CCCC5)C3)C2CC4CO)cc1O. The number of rotatable bonds is 20. The predicted octanol–water partition coefficient (Wildman–Crippen LogP) is 5.36. The maximum atomic E-state index is 15.5. The summed E-state index contributed by atoms with van der Waals surface area (Å²) in [5, 5.41) is 80.6. The van der Waals surface area contributed by atoms with Crippen LogP contribution >= 0.6 is 0 Å². The Balaban J connectivity index is 1.19. The number of nitrogens with one attached hydrogen (secondary N) is 1. The molecule has 0 amide bonds. The number of ether oxygens (including phenoxy) is 4. The Morgan fingerprint density at radius 3 is 2.37 bits per heavy atom. The van der Waals surface area contributed by atoms with E-state index in [1.54, 1.807) is 6.07 Å². The first-order chi connectivity index (χ1) is 34.2. The summed E-state index contributed by atoms with van der Waals surface area (Å²) < 4.78 is 26.2. The molecule has 2 aliphatic heterocycles. The van der Waals surface area contributed by atoms with Crippen molar-refractivity contribution in [1.29, 1.82) is 0 Å². The van der Waals surface area contributed by atoms with E-state index in [1.165, 1.54) is 48.6 Å². The van der Waals surface area contributed by atoms with E-state index in [4.69, 9.17) is 24.7 Å². The third-order valence-electron chi connectivity index (χ3n) is 16.2. The molecule has 3 aromatic carbocycles. The van der Waals surface area contributed by atoms with Gasteiger partial charge in [0.1, 0.15) is 30.5 Å². The van der Waals surface area contributed by atoms with Gasteiger partial charge in [0.25, 0.3) is 0 Å². The number of hydrogen-bond donors (Lipinski definition) is 9. The van der Waals surface area contributed by atoms with Crippen LogP contribution in [0, 0.1) is 23.2 Å². The normalized spacial score (nSPS) is 30.3. The average Bonchev–Trinajstić information content (AvgIpc) is 3.81. The molecule has 8 rings (SSSR count). The van der Waals surface area contributed by atoms with Crippen molar-refractivity contribution in [2.24, 2.45) is 28.9 Å². The molecule has 16 heteroatoms. The van der Waals surface area contributed by atoms with Gasteiger partial charge in [0.05, 0.1) is 19.3 Å². The second-order valence-corrected chi connectivity index (χ2v) is 20.7. The summed E-state index contributed by atoms with van der Waals surface area (Å²) in [7, 11) is 0. The Hall–Kier alpha value is -5.17. The van der Waals surface area contributed by atoms with E-state index in [0.29, 0.717) is 18.4 Å². The molecule has 0 radical (unpaired) electrons. The maximum Gasteiger partial charge on any atom is 0.336 e. The van der Waals surface area contributed by atoms with E-state index in [9.17, 15) is 45.3 Å². The fourth-order valence-electron chi connectivity index (χ4n) is 12.7. The first-order valence-electron chi connectivity index (χ1n) is 25.2. The molecule has 2 heterocycles. The second-order valence-electron chi connectivity index (χ2n) is 20.7. The molecule has 2 bridgehead atoms. The molecular weight excluding hydrogens is 913 g/mol. The minimum absolute atomic E-state index is 0.00557. The highest BCUT2D eigenvalue weighted by molar-refractivity contribution is 6.01. The zero-order valence-electron chi connectivity index (χ0n) is 40.3. The highest BCUT2D eigenvalue weighted by atomic mass is 16.6. The Morgan fingerprint density at radius 2 is 1.65 bits per heavy atom. The van der Waals surface area contributed by atoms with Gasteiger partial charge < -0.3 is 65.7 Å². The molecule has 9 unspecified atom stereocenters. The molecule has 3 saturated carbocycles. The van der Waals surface area contributed by atoms with Crippen LogP contribution in [-0.4, -0.2) is 128 Å². The van der Waals surface area contributed by atoms with Gasteiger partial charge in [-0.1, -0.05) is 67.8 Å². The third-order valence-corrected chi connectivity index (χ3v) is 16.2. The van der Waals surface area contributed by atoms with Crippen LogP contribution in [0.2, 0.25) is 0 Å². The topological polar surface area (TPSA) is 268 Å². The lowest BCUT2D eigenvalue weighted by Gasteiger charge is -2.65. The van der Waals surface area contributed by atoms with Gasteiger partial charge in [-0.25, -0.2) is 4.79 Å². The monoisotopic (exact) mass is 982 g/mol. The lowest BCUT2D eigenvalue weighted by molar-refractivity contribution is -0.345. The van der Waals surface area contributed by atoms with E-state index >= 15 is 4.79 Å². The summed E-state index contributed by atoms with van der Waals surface area (Å²) in [5.74, 6) is -6.06. The number of hydrogen-bond acceptors (Lipinski definition) is 15. The number of aliphatic carboxylic acids is 1. The van der Waals surface area contributed by atoms with Gasteiger partial charge in [0.2, 0.25) is 0 Å². The number of phenols is 3. The van der Waals surface area contributed by atoms with Crippen molar-refractivity contribution in [2.75, 3.05) is 39.5 Å². The molecule has 3 aliphatic carbocycles. The van der Waals surface area contributed by atoms with Gasteiger partial charge in [-0.2, -0.15) is 0 Å². The van der Waals surface area contributed by atoms with Crippen LogP contribution in [0.5, 0.6) is 23.0 Å². The number of fused-ring (bicyclic) bond motifs is 1. The summed E-state index contributed by atoms with van der Waals surface area (Å²) in [6.07, 6.45) is 11.6. The number of carbonyl (C=O) groups is 3. The Morgan fingerprint density at radius 1 is 0.887 bits per heavy atom. The van der Waals surface area contributed by atoms with Crippen molar-refractivity contribution in [3.05, 3.63) is 95.1 Å². The molecule has 16 nitrogen and oxygen atoms in total. The van der Waals surface area contributed by atoms with Gasteiger partial charge in [-0.3, -0.25) is 9.59 Å². The summed E-state index contributed by atoms with van der Waals surface area (Å²) in [6, 6.07) is 16.8. The Bertz CT molecular complexity index is 2420. The number of carboxylic acid groups (broad SMARTS) is 1. The van der Waals surface area contributed by atoms with Crippen molar-refractivity contribution >= 4 is 29.7 Å². The number of ketones is 2. The van der Waals surface area contributed by atoms with Gasteiger partial charge in [0.15, 0.2) is 40.2 Å². The smallest absolute Gasteiger partial charge is 0.336 e. The molecule has 384 valence electrons. The van der Waals surface area contributed by atoms with E-state index < -0.39 is 96.1 Å². The number of aromatic hydroxyl groups is 3. The van der Waals surface area contributed by atoms with Gasteiger partial charge >= 0.3 is 5.97 Å². The highest BCUT2D eigenvalue weighted by Gasteiger charge is 2.73. The van der Waals surface area contributed by atoms with Crippen molar-refractivity contribution < 1.29 is 69.1 Å². The number of aliphatic hydroxyl groups excluding tert-OH is 3. The molecule has 0 aromatic heterocycles. The lowest BCUT2D eigenvalue weighted by atomic mass is 9.55. The molecule has 3 aromatic rings. The minimum Gasteiger partial charge on any atom is -0.504 e. The number of aryl methyl sites for hydroxylation is 1. The van der Waals surface area contributed by atoms with Crippen LogP contribution in [0.25, 0.3) is 12.2 Å². The number of benzene rings is 3. The number of carboxylic acids is 1. The molecule has 10 N–H and O–H groups in total. The fraction of sp³-hybridized carbons (Fsp3) is 0.545. The summed E-state index contributed by atoms with van der Waals surface area (Å²) in [6.45, 7) is -1.39. The summed E-state index contributed by atoms with van der Waals surface area (Å²) in [4.78, 5) is 43.3. The quantitative estimate of drug-likeness (QED) is 0.0510. The third kappa shape index (κ3) is 11.0. The van der Waals surface area contributed by atoms with Gasteiger partial charge in [-0.05, 0) is 128 Å². The van der Waals surface area contributed by atoms with Crippen LogP contribution in [0.1, 0.15) is 99.3 Å². The van der Waals surface area contributed by atoms with E-state index in [0.717, 1.165) is 56.9 Å². The maximum absolute atomic E-state index is 15.5. The van der Waals surface area contributed by atoms with Crippen molar-refractivity contribution in [3.63, 3.8) is 0 Å². The molecule has 5 aliphatic rings. The summed E-state index contributed by atoms with van der Waals surface area (Å²) in [5.41, 5.74) is 1.80. The van der Waals surface area contributed by atoms with Crippen LogP contribution in [0.4, 0.5) is 0 Å². The minimum atomic E-state index is -2.28. The van der Waals surface area contributed by atoms with Crippen LogP contribution < -0.4 is 15.8 Å². The molecule has 1 spiro atoms. The Labute approximate surface area is 414 Å². The van der Waals surface area contributed by atoms with Gasteiger partial charge in [0, 0.05) is 44.0 Å². The number of phenolic OH excluding ortho intramolecular Hbond substituents is 3. The first-order valence-corrected chi connectivity index (χ1v) is 25.2. The predicted molar refractivity (Wildman–Crippen MR) is 262 cm³/mol. The molecule has 5 fully saturated rings. The van der Waals surface area contributed by atoms with Crippen molar-refractivity contribution in [3.8, 4) is 23.0 Å². The van der Waals surface area contributed by atoms with Gasteiger partial charge in [-0.15, -0.1) is 0 Å². The Kier molecular flexibility index (Phi) is 16.4. The fourth-order valence-corrected chi connectivity index (χ4v) is 12.7. The largest absolute Gasteiger partial charge is 0.504 e. The highest BCUT2D eigenvalue weighted by Crippen LogP contribution is 2.59. The van der Waals surface area contributed by atoms with Crippen LogP contribution in [0.15, 0.2) is 72.8 Å². The van der Waals surface area contributed by atoms with E-state index in [1.807, 2.05) is 30.3 Å². The zero-order chi connectivity index (χ0) is 50.4. The van der Waals surface area contributed by atoms with E-state index in [2.05, 4.69) is 5.32 Å². The number of carbonyl (C=O) groups excluding carboxylic acids is 2. The lowest BCUT2D eigenvalue weighted by Crippen LogP contribution is -2.80. The molecule has 2 saturated heterocycles. The van der Waals surface area contributed by atoms with Crippen molar-refractivity contribution in [1.82, 2.24) is 5.32 Å². The molecule has 71 heavy (non-hydrogen) atoms. The number of nitrogens with two attached hydrogens (primary N) is 1. The summed E-state index contributed by atoms with van der Waals surface area (Å²) >= 11 is 0. The van der Waals surface area contributed by atoms with Crippen molar-refractivity contribution in [2.45, 2.75) is 125 Å². The zero-order valence-corrected chi connectivity index (χ0v) is 40.3. The standard InChI is InChI=1S/C55H70N2O14/c56-21-22-68-47-16-13-36(23-45(47)63)12-15-42(60)33-70-54(51(66)67)29-46(64)50-55(34-57-41-9-6-20-52(28-41)18-4-5-19-52)48(54)26-40(31-59)53(71-55,27-37(32-69-50)11-10-35-7-2-1-3-8-35)49(65)17-14-38-24-43(61)44(62)25-39(38)30-58/h1-3,7-8,12-17,23-25,37,40-41,46,48,50,57-59,61-64H,4-6,9-11,18-22,26-34,56H2,(H,66,67). The molecular formula is C55H70N2O14. The molecule has 9 atom stereocenters.